The van der Waals surface area contributed by atoms with Gasteiger partial charge >= 0.3 is 0 Å². The van der Waals surface area contributed by atoms with Gasteiger partial charge in [-0.15, -0.1) is 0 Å². The zero-order chi connectivity index (χ0) is 13.1. The summed E-state index contributed by atoms with van der Waals surface area (Å²) >= 11 is 5.59. The number of ether oxygens (including phenoxy) is 2. The highest BCUT2D eigenvalue weighted by Crippen LogP contribution is 2.31. The third-order valence-electron chi connectivity index (χ3n) is 2.20. The van der Waals surface area contributed by atoms with Crippen LogP contribution in [0.3, 0.4) is 0 Å². The van der Waals surface area contributed by atoms with Crippen molar-refractivity contribution >= 4 is 17.3 Å². The normalized spacial score (nSPS) is 10.2. The molecule has 0 unspecified atom stereocenters. The van der Waals surface area contributed by atoms with Gasteiger partial charge in [0.25, 0.3) is 5.88 Å². The summed E-state index contributed by atoms with van der Waals surface area (Å²) in [6.07, 6.45) is 1.29. The van der Waals surface area contributed by atoms with Crippen molar-refractivity contribution in [1.29, 1.82) is 0 Å². The van der Waals surface area contributed by atoms with Crippen LogP contribution in [0.1, 0.15) is 0 Å². The Bertz CT molecular complexity index is 578. The van der Waals surface area contributed by atoms with Crippen molar-refractivity contribution in [2.24, 2.45) is 0 Å². The second-order valence-electron chi connectivity index (χ2n) is 3.45. The molecule has 0 atom stereocenters. The summed E-state index contributed by atoms with van der Waals surface area (Å²) in [4.78, 5) is 3.74. The van der Waals surface area contributed by atoms with Gasteiger partial charge in [0.15, 0.2) is 11.6 Å². The first-order chi connectivity index (χ1) is 8.60. The maximum atomic E-state index is 13.5. The minimum atomic E-state index is -0.655. The summed E-state index contributed by atoms with van der Waals surface area (Å²) < 4.78 is 23.7. The molecule has 2 aromatic rings. The summed E-state index contributed by atoms with van der Waals surface area (Å²) in [6, 6.07) is 5.91. The third-order valence-corrected chi connectivity index (χ3v) is 2.40. The fourth-order valence-electron chi connectivity index (χ4n) is 1.33. The van der Waals surface area contributed by atoms with Crippen molar-refractivity contribution in [1.82, 2.24) is 4.98 Å². The predicted octanol–water partition coefficient (Wildman–Crippen LogP) is 3.26. The fraction of sp³-hybridized carbons (Fsp3) is 0.0833. The number of methoxy groups -OCH3 is 1. The minimum Gasteiger partial charge on any atom is -0.497 e. The quantitative estimate of drug-likeness (QED) is 0.868. The lowest BCUT2D eigenvalue weighted by atomic mass is 10.3. The molecule has 0 spiro atoms. The molecule has 0 bridgehead atoms. The van der Waals surface area contributed by atoms with Crippen molar-refractivity contribution in [2.45, 2.75) is 0 Å². The molecule has 0 saturated heterocycles. The highest BCUT2D eigenvalue weighted by molar-refractivity contribution is 6.30. The molecule has 94 valence electrons. The van der Waals surface area contributed by atoms with Crippen LogP contribution in [0.4, 0.5) is 10.1 Å². The number of aromatic nitrogens is 1. The first-order valence-electron chi connectivity index (χ1n) is 5.02. The van der Waals surface area contributed by atoms with Gasteiger partial charge in [0.05, 0.1) is 17.8 Å². The Kier molecular flexibility index (Phi) is 3.53. The van der Waals surface area contributed by atoms with Crippen LogP contribution in [0.5, 0.6) is 17.4 Å². The third kappa shape index (κ3) is 2.62. The average Bonchev–Trinajstić information content (AvgIpc) is 2.34. The number of hydrogen-bond acceptors (Lipinski definition) is 4. The van der Waals surface area contributed by atoms with Gasteiger partial charge in [-0.2, -0.15) is 0 Å². The molecule has 0 saturated carbocycles. The highest BCUT2D eigenvalue weighted by Gasteiger charge is 2.10. The van der Waals surface area contributed by atoms with E-state index >= 15 is 0 Å². The number of halogens is 2. The molecular weight excluding hydrogens is 259 g/mol. The molecule has 1 aromatic heterocycles. The molecule has 0 aliphatic heterocycles. The van der Waals surface area contributed by atoms with Crippen LogP contribution in [-0.4, -0.2) is 12.1 Å². The van der Waals surface area contributed by atoms with E-state index in [2.05, 4.69) is 4.98 Å². The molecule has 0 amide bonds. The molecule has 1 aromatic carbocycles. The number of rotatable bonds is 3. The Hall–Kier alpha value is -2.01. The number of nitrogens with zero attached hydrogens (tertiary/aromatic N) is 1. The number of nitrogens with two attached hydrogens (primary N) is 1. The molecule has 0 aliphatic carbocycles. The van der Waals surface area contributed by atoms with E-state index in [0.29, 0.717) is 17.2 Å². The Labute approximate surface area is 108 Å². The van der Waals surface area contributed by atoms with Crippen LogP contribution in [0.2, 0.25) is 5.02 Å². The topological polar surface area (TPSA) is 57.4 Å². The van der Waals surface area contributed by atoms with Crippen molar-refractivity contribution in [3.63, 3.8) is 0 Å². The molecule has 2 rings (SSSR count). The van der Waals surface area contributed by atoms with E-state index in [1.54, 1.807) is 18.2 Å². The van der Waals surface area contributed by atoms with E-state index in [-0.39, 0.29) is 10.9 Å². The second kappa shape index (κ2) is 5.10. The summed E-state index contributed by atoms with van der Waals surface area (Å²) in [6.45, 7) is 0. The molecule has 18 heavy (non-hydrogen) atoms. The summed E-state index contributed by atoms with van der Waals surface area (Å²) in [5.74, 6) is 0.0443. The number of hydrogen-bond donors (Lipinski definition) is 1. The van der Waals surface area contributed by atoms with E-state index in [0.717, 1.165) is 6.07 Å². The van der Waals surface area contributed by atoms with Crippen LogP contribution in [0, 0.1) is 5.82 Å². The molecule has 0 radical (unpaired) electrons. The maximum absolute atomic E-state index is 13.5. The second-order valence-corrected chi connectivity index (χ2v) is 3.88. The first kappa shape index (κ1) is 12.4. The van der Waals surface area contributed by atoms with E-state index in [4.69, 9.17) is 26.8 Å². The summed E-state index contributed by atoms with van der Waals surface area (Å²) in [5, 5.41) is 0.197. The number of benzene rings is 1. The Morgan fingerprint density at radius 2 is 2.11 bits per heavy atom. The number of pyridine rings is 1. The van der Waals surface area contributed by atoms with Gasteiger partial charge in [-0.25, -0.2) is 9.37 Å². The Balaban J connectivity index is 2.28. The van der Waals surface area contributed by atoms with Crippen LogP contribution in [-0.2, 0) is 0 Å². The van der Waals surface area contributed by atoms with Gasteiger partial charge in [-0.3, -0.25) is 0 Å². The molecule has 2 N–H and O–H groups in total. The van der Waals surface area contributed by atoms with E-state index in [1.807, 2.05) is 0 Å². The van der Waals surface area contributed by atoms with E-state index in [1.165, 1.54) is 13.3 Å². The largest absolute Gasteiger partial charge is 0.497 e. The predicted molar refractivity (Wildman–Crippen MR) is 66.7 cm³/mol. The minimum absolute atomic E-state index is 0.184. The SMILES string of the molecule is COc1ccc(Oc2ncc(Cl)cc2F)c(N)c1. The summed E-state index contributed by atoms with van der Waals surface area (Å²) in [7, 11) is 1.52. The van der Waals surface area contributed by atoms with Gasteiger partial charge in [0.2, 0.25) is 0 Å². The molecule has 1 heterocycles. The van der Waals surface area contributed by atoms with Gasteiger partial charge in [-0.05, 0) is 18.2 Å². The zero-order valence-electron chi connectivity index (χ0n) is 9.48. The van der Waals surface area contributed by atoms with Crippen LogP contribution >= 0.6 is 11.6 Å². The number of nitrogen functional groups attached to an aromatic ring is 1. The van der Waals surface area contributed by atoms with Crippen LogP contribution in [0.25, 0.3) is 0 Å². The highest BCUT2D eigenvalue weighted by atomic mass is 35.5. The van der Waals surface area contributed by atoms with Crippen molar-refractivity contribution in [3.05, 3.63) is 41.3 Å². The fourth-order valence-corrected chi connectivity index (χ4v) is 1.47. The van der Waals surface area contributed by atoms with Crippen molar-refractivity contribution < 1.29 is 13.9 Å². The average molecular weight is 269 g/mol. The van der Waals surface area contributed by atoms with E-state index < -0.39 is 5.82 Å². The lowest BCUT2D eigenvalue weighted by Crippen LogP contribution is -1.96. The standard InChI is InChI=1S/C12H10ClFN2O2/c1-17-8-2-3-11(10(15)5-8)18-12-9(14)4-7(13)6-16-12/h2-6H,15H2,1H3. The smallest absolute Gasteiger partial charge is 0.256 e. The first-order valence-corrected chi connectivity index (χ1v) is 5.40. The van der Waals surface area contributed by atoms with Crippen molar-refractivity contribution in [2.75, 3.05) is 12.8 Å². The molecule has 6 heteroatoms. The van der Waals surface area contributed by atoms with Crippen LogP contribution in [0.15, 0.2) is 30.5 Å². The molecular formula is C12H10ClFN2O2. The zero-order valence-corrected chi connectivity index (χ0v) is 10.2. The molecule has 4 nitrogen and oxygen atoms in total. The van der Waals surface area contributed by atoms with Crippen LogP contribution < -0.4 is 15.2 Å². The lowest BCUT2D eigenvalue weighted by molar-refractivity contribution is 0.409. The monoisotopic (exact) mass is 268 g/mol. The molecule has 0 aliphatic rings. The number of anilines is 1. The van der Waals surface area contributed by atoms with Crippen molar-refractivity contribution in [3.8, 4) is 17.4 Å². The summed E-state index contributed by atoms with van der Waals surface area (Å²) in [5.41, 5.74) is 6.07. The Morgan fingerprint density at radius 1 is 1.33 bits per heavy atom. The lowest BCUT2D eigenvalue weighted by Gasteiger charge is -2.09. The van der Waals surface area contributed by atoms with E-state index in [9.17, 15) is 4.39 Å². The van der Waals surface area contributed by atoms with Gasteiger partial charge in [0, 0.05) is 12.3 Å². The maximum Gasteiger partial charge on any atom is 0.256 e. The van der Waals surface area contributed by atoms with Gasteiger partial charge in [0.1, 0.15) is 5.75 Å². The molecule has 0 fully saturated rings. The van der Waals surface area contributed by atoms with Gasteiger partial charge < -0.3 is 15.2 Å². The Morgan fingerprint density at radius 3 is 2.72 bits per heavy atom. The van der Waals surface area contributed by atoms with Gasteiger partial charge in [-0.1, -0.05) is 11.6 Å².